The summed E-state index contributed by atoms with van der Waals surface area (Å²) in [5, 5.41) is 12.1. The predicted octanol–water partition coefficient (Wildman–Crippen LogP) is 1.55. The highest BCUT2D eigenvalue weighted by molar-refractivity contribution is 4.83. The lowest BCUT2D eigenvalue weighted by molar-refractivity contribution is 0.0894. The fraction of sp³-hybridized carbons (Fsp3) is 1.00. The number of aliphatic hydroxyl groups is 1. The van der Waals surface area contributed by atoms with E-state index in [4.69, 9.17) is 9.84 Å². The Morgan fingerprint density at radius 1 is 1.40 bits per heavy atom. The highest BCUT2D eigenvalue weighted by Crippen LogP contribution is 2.34. The zero-order chi connectivity index (χ0) is 11.1. The van der Waals surface area contributed by atoms with Crippen molar-refractivity contribution in [2.75, 3.05) is 26.4 Å². The first kappa shape index (κ1) is 12.9. The molecule has 3 nitrogen and oxygen atoms in total. The average Bonchev–Trinajstić information content (AvgIpc) is 2.16. The second-order valence-corrected chi connectivity index (χ2v) is 5.25. The summed E-state index contributed by atoms with van der Waals surface area (Å²) in [4.78, 5) is 0. The Morgan fingerprint density at radius 3 is 2.87 bits per heavy atom. The molecular formula is C12H25NO2. The van der Waals surface area contributed by atoms with Crippen LogP contribution in [0.5, 0.6) is 0 Å². The predicted molar refractivity (Wildman–Crippen MR) is 61.9 cm³/mol. The zero-order valence-electron chi connectivity index (χ0n) is 10.1. The van der Waals surface area contributed by atoms with Crippen molar-refractivity contribution in [1.29, 1.82) is 0 Å². The topological polar surface area (TPSA) is 41.5 Å². The summed E-state index contributed by atoms with van der Waals surface area (Å²) in [6, 6.07) is 0.659. The largest absolute Gasteiger partial charge is 0.394 e. The Labute approximate surface area is 93.2 Å². The molecule has 0 bridgehead atoms. The molecule has 0 aliphatic heterocycles. The molecule has 0 aromatic heterocycles. The van der Waals surface area contributed by atoms with Crippen LogP contribution in [0.1, 0.15) is 39.5 Å². The van der Waals surface area contributed by atoms with Gasteiger partial charge in [-0.2, -0.15) is 0 Å². The lowest BCUT2D eigenvalue weighted by Gasteiger charge is -2.35. The number of rotatable bonds is 6. The molecule has 1 atom stereocenters. The Kier molecular flexibility index (Phi) is 5.58. The molecule has 1 saturated carbocycles. The fourth-order valence-corrected chi connectivity index (χ4v) is 2.37. The fourth-order valence-electron chi connectivity index (χ4n) is 2.37. The van der Waals surface area contributed by atoms with E-state index in [9.17, 15) is 0 Å². The van der Waals surface area contributed by atoms with E-state index in [1.54, 1.807) is 0 Å². The van der Waals surface area contributed by atoms with Crippen molar-refractivity contribution in [1.82, 2.24) is 5.32 Å². The molecule has 3 heteroatoms. The average molecular weight is 215 g/mol. The first-order chi connectivity index (χ1) is 7.14. The molecule has 15 heavy (non-hydrogen) atoms. The molecule has 0 heterocycles. The van der Waals surface area contributed by atoms with E-state index < -0.39 is 0 Å². The number of ether oxygens (including phenoxy) is 1. The number of hydrogen-bond donors (Lipinski definition) is 2. The van der Waals surface area contributed by atoms with E-state index in [0.29, 0.717) is 24.7 Å². The summed E-state index contributed by atoms with van der Waals surface area (Å²) in [7, 11) is 0. The molecule has 1 aliphatic rings. The first-order valence-electron chi connectivity index (χ1n) is 6.06. The third-order valence-electron chi connectivity index (χ3n) is 3.12. The number of hydrogen-bond acceptors (Lipinski definition) is 3. The minimum atomic E-state index is 0.121. The van der Waals surface area contributed by atoms with Gasteiger partial charge in [-0.15, -0.1) is 0 Å². The van der Waals surface area contributed by atoms with Gasteiger partial charge in [0.2, 0.25) is 0 Å². The van der Waals surface area contributed by atoms with Gasteiger partial charge in [-0.25, -0.2) is 0 Å². The Morgan fingerprint density at radius 2 is 2.20 bits per heavy atom. The Balaban J connectivity index is 2.05. The number of aliphatic hydroxyl groups excluding tert-OH is 1. The highest BCUT2D eigenvalue weighted by atomic mass is 16.5. The summed E-state index contributed by atoms with van der Waals surface area (Å²) in [6.07, 6.45) is 5.25. The second kappa shape index (κ2) is 6.46. The maximum atomic E-state index is 8.54. The van der Waals surface area contributed by atoms with Crippen LogP contribution >= 0.6 is 0 Å². The Bertz CT molecular complexity index is 171. The maximum absolute atomic E-state index is 8.54. The summed E-state index contributed by atoms with van der Waals surface area (Å²) < 4.78 is 5.21. The van der Waals surface area contributed by atoms with E-state index in [1.807, 2.05) is 0 Å². The van der Waals surface area contributed by atoms with Gasteiger partial charge in [0.15, 0.2) is 0 Å². The molecule has 1 rings (SSSR count). The van der Waals surface area contributed by atoms with E-state index >= 15 is 0 Å². The van der Waals surface area contributed by atoms with Crippen molar-refractivity contribution in [2.45, 2.75) is 45.6 Å². The molecule has 0 spiro atoms. The van der Waals surface area contributed by atoms with Gasteiger partial charge in [0.25, 0.3) is 0 Å². The highest BCUT2D eigenvalue weighted by Gasteiger charge is 2.27. The van der Waals surface area contributed by atoms with Gasteiger partial charge in [0, 0.05) is 12.6 Å². The van der Waals surface area contributed by atoms with Gasteiger partial charge in [-0.3, -0.25) is 0 Å². The van der Waals surface area contributed by atoms with Crippen molar-refractivity contribution in [3.8, 4) is 0 Å². The first-order valence-corrected chi connectivity index (χ1v) is 6.06. The van der Waals surface area contributed by atoms with Crippen molar-refractivity contribution in [2.24, 2.45) is 5.41 Å². The van der Waals surface area contributed by atoms with Crippen molar-refractivity contribution >= 4 is 0 Å². The van der Waals surface area contributed by atoms with Crippen LogP contribution in [0.4, 0.5) is 0 Å². The SMILES string of the molecule is CC1(C)CCC[C@H](NCCOCCO)C1. The minimum absolute atomic E-state index is 0.121. The third-order valence-corrected chi connectivity index (χ3v) is 3.12. The molecule has 0 amide bonds. The molecule has 0 aromatic rings. The summed E-state index contributed by atoms with van der Waals surface area (Å²) >= 11 is 0. The molecule has 0 unspecified atom stereocenters. The van der Waals surface area contributed by atoms with Crippen LogP contribution in [-0.4, -0.2) is 37.5 Å². The molecule has 1 aliphatic carbocycles. The maximum Gasteiger partial charge on any atom is 0.0698 e. The minimum Gasteiger partial charge on any atom is -0.394 e. The van der Waals surface area contributed by atoms with Crippen LogP contribution < -0.4 is 5.32 Å². The lowest BCUT2D eigenvalue weighted by atomic mass is 9.75. The monoisotopic (exact) mass is 215 g/mol. The molecular weight excluding hydrogens is 190 g/mol. The van der Waals surface area contributed by atoms with Crippen LogP contribution in [-0.2, 0) is 4.74 Å². The summed E-state index contributed by atoms with van der Waals surface area (Å²) in [5.74, 6) is 0. The van der Waals surface area contributed by atoms with Crippen LogP contribution in [0.3, 0.4) is 0 Å². The molecule has 0 aromatic carbocycles. The van der Waals surface area contributed by atoms with Gasteiger partial charge in [-0.1, -0.05) is 20.3 Å². The van der Waals surface area contributed by atoms with Gasteiger partial charge >= 0.3 is 0 Å². The molecule has 0 saturated heterocycles. The van der Waals surface area contributed by atoms with Crippen molar-refractivity contribution in [3.63, 3.8) is 0 Å². The van der Waals surface area contributed by atoms with Crippen molar-refractivity contribution < 1.29 is 9.84 Å². The van der Waals surface area contributed by atoms with Crippen LogP contribution in [0, 0.1) is 5.41 Å². The van der Waals surface area contributed by atoms with Gasteiger partial charge in [0.05, 0.1) is 19.8 Å². The summed E-state index contributed by atoms with van der Waals surface area (Å²) in [5.41, 5.74) is 0.502. The van der Waals surface area contributed by atoms with Gasteiger partial charge < -0.3 is 15.2 Å². The molecule has 0 radical (unpaired) electrons. The lowest BCUT2D eigenvalue weighted by Crippen LogP contribution is -2.38. The number of nitrogens with one attached hydrogen (secondary N) is 1. The normalized spacial score (nSPS) is 25.4. The smallest absolute Gasteiger partial charge is 0.0698 e. The van der Waals surface area contributed by atoms with Crippen molar-refractivity contribution in [3.05, 3.63) is 0 Å². The third kappa shape index (κ3) is 5.50. The van der Waals surface area contributed by atoms with Gasteiger partial charge in [-0.05, 0) is 24.7 Å². The molecule has 1 fully saturated rings. The molecule has 2 N–H and O–H groups in total. The quantitative estimate of drug-likeness (QED) is 0.661. The molecule has 90 valence electrons. The van der Waals surface area contributed by atoms with E-state index in [-0.39, 0.29) is 6.61 Å². The van der Waals surface area contributed by atoms with Crippen LogP contribution in [0.15, 0.2) is 0 Å². The van der Waals surface area contributed by atoms with E-state index in [1.165, 1.54) is 25.7 Å². The second-order valence-electron chi connectivity index (χ2n) is 5.25. The Hall–Kier alpha value is -0.120. The van der Waals surface area contributed by atoms with Crippen LogP contribution in [0.25, 0.3) is 0 Å². The zero-order valence-corrected chi connectivity index (χ0v) is 10.1. The van der Waals surface area contributed by atoms with E-state index in [2.05, 4.69) is 19.2 Å². The van der Waals surface area contributed by atoms with Crippen LogP contribution in [0.2, 0.25) is 0 Å². The standard InChI is InChI=1S/C12H25NO2/c1-12(2)5-3-4-11(10-12)13-6-8-15-9-7-14/h11,13-14H,3-10H2,1-2H3/t11-/m0/s1. The summed E-state index contributed by atoms with van der Waals surface area (Å²) in [6.45, 7) is 6.89. The van der Waals surface area contributed by atoms with Gasteiger partial charge in [0.1, 0.15) is 0 Å². The van der Waals surface area contributed by atoms with E-state index in [0.717, 1.165) is 6.54 Å².